The minimum absolute atomic E-state index is 0.00714. The second-order valence-electron chi connectivity index (χ2n) is 9.08. The number of fused-ring (bicyclic) bond motifs is 1. The van der Waals surface area contributed by atoms with Gasteiger partial charge in [0.25, 0.3) is 0 Å². The highest BCUT2D eigenvalue weighted by Crippen LogP contribution is 2.50. The van der Waals surface area contributed by atoms with Crippen LogP contribution >= 0.6 is 11.6 Å². The zero-order valence-corrected chi connectivity index (χ0v) is 18.7. The summed E-state index contributed by atoms with van der Waals surface area (Å²) in [6.07, 6.45) is 0. The van der Waals surface area contributed by atoms with Gasteiger partial charge in [-0.05, 0) is 59.4 Å². The molecule has 5 heteroatoms. The third-order valence-corrected chi connectivity index (χ3v) is 6.31. The van der Waals surface area contributed by atoms with Crippen molar-refractivity contribution in [2.45, 2.75) is 38.5 Å². The molecule has 1 heterocycles. The molecule has 3 aromatic rings. The van der Waals surface area contributed by atoms with E-state index in [1.54, 1.807) is 36.4 Å². The molecule has 4 rings (SSSR count). The Morgan fingerprint density at radius 3 is 2.23 bits per heavy atom. The molecule has 158 valence electrons. The summed E-state index contributed by atoms with van der Waals surface area (Å²) in [7, 11) is 0. The Balaban J connectivity index is 1.93. The molecule has 0 bridgehead atoms. The molecule has 1 atom stereocenters. The van der Waals surface area contributed by atoms with Gasteiger partial charge in [-0.15, -0.1) is 0 Å². The number of para-hydroxylation sites is 1. The molecule has 1 unspecified atom stereocenters. The average Bonchev–Trinajstić information content (AvgIpc) is 2.95. The van der Waals surface area contributed by atoms with E-state index < -0.39 is 11.4 Å². The Bertz CT molecular complexity index is 1190. The Morgan fingerprint density at radius 2 is 1.61 bits per heavy atom. The highest BCUT2D eigenvalue weighted by atomic mass is 35.5. The van der Waals surface area contributed by atoms with Crippen molar-refractivity contribution in [2.75, 3.05) is 4.90 Å². The number of halogens is 1. The summed E-state index contributed by atoms with van der Waals surface area (Å²) in [6.45, 7) is 8.30. The molecule has 0 saturated carbocycles. The van der Waals surface area contributed by atoms with E-state index in [0.29, 0.717) is 16.4 Å². The molecule has 4 nitrogen and oxygen atoms in total. The number of hydrogen-bond donors (Lipinski definition) is 1. The van der Waals surface area contributed by atoms with E-state index in [2.05, 4.69) is 20.8 Å². The quantitative estimate of drug-likeness (QED) is 0.525. The standard InChI is InChI=1S/C26H24ClNO3/c1-25(2,3)16-9-11-17(12-10-16)26(4)20-15-18(27)13-14-22(20)28(24(26)31)21-8-6-5-7-19(21)23(29)30/h5-15H,1-4H3,(H,29,30). The highest BCUT2D eigenvalue weighted by Gasteiger charge is 2.50. The number of benzene rings is 3. The van der Waals surface area contributed by atoms with Crippen molar-refractivity contribution in [1.82, 2.24) is 0 Å². The SMILES string of the molecule is CC(C)(C)c1ccc(C2(C)C(=O)N(c3ccccc3C(=O)O)c3ccc(Cl)cc32)cc1. The van der Waals surface area contributed by atoms with E-state index in [1.165, 1.54) is 16.5 Å². The van der Waals surface area contributed by atoms with Crippen molar-refractivity contribution >= 4 is 34.9 Å². The first kappa shape index (κ1) is 21.1. The van der Waals surface area contributed by atoms with Gasteiger partial charge in [0, 0.05) is 5.02 Å². The zero-order valence-electron chi connectivity index (χ0n) is 17.9. The molecule has 1 aliphatic heterocycles. The van der Waals surface area contributed by atoms with E-state index >= 15 is 0 Å². The molecule has 0 radical (unpaired) electrons. The molecule has 1 amide bonds. The maximum atomic E-state index is 13.9. The molecule has 1 aliphatic rings. The minimum Gasteiger partial charge on any atom is -0.478 e. The maximum absolute atomic E-state index is 13.9. The summed E-state index contributed by atoms with van der Waals surface area (Å²) >= 11 is 6.32. The lowest BCUT2D eigenvalue weighted by molar-refractivity contribution is -0.120. The van der Waals surface area contributed by atoms with Crippen molar-refractivity contribution in [3.05, 3.63) is 94.0 Å². The minimum atomic E-state index is -1.08. The van der Waals surface area contributed by atoms with Crippen molar-refractivity contribution in [2.24, 2.45) is 0 Å². The van der Waals surface area contributed by atoms with E-state index in [1.807, 2.05) is 31.2 Å². The molecule has 31 heavy (non-hydrogen) atoms. The molecular formula is C26H24ClNO3. The molecule has 0 fully saturated rings. The van der Waals surface area contributed by atoms with Crippen molar-refractivity contribution in [1.29, 1.82) is 0 Å². The summed E-state index contributed by atoms with van der Waals surface area (Å²) in [6, 6.07) is 19.9. The monoisotopic (exact) mass is 433 g/mol. The van der Waals surface area contributed by atoms with Crippen LogP contribution in [0.15, 0.2) is 66.7 Å². The number of amides is 1. The Hall–Kier alpha value is -3.11. The number of carbonyl (C=O) groups excluding carboxylic acids is 1. The van der Waals surface area contributed by atoms with E-state index in [-0.39, 0.29) is 16.9 Å². The van der Waals surface area contributed by atoms with Crippen molar-refractivity contribution in [3.8, 4) is 0 Å². The number of hydrogen-bond acceptors (Lipinski definition) is 2. The van der Waals surface area contributed by atoms with Crippen LogP contribution in [0.5, 0.6) is 0 Å². The normalized spacial score (nSPS) is 18.2. The third-order valence-electron chi connectivity index (χ3n) is 6.07. The van der Waals surface area contributed by atoms with Crippen molar-refractivity contribution < 1.29 is 14.7 Å². The van der Waals surface area contributed by atoms with Gasteiger partial charge in [0.05, 0.1) is 22.4 Å². The summed E-state index contributed by atoms with van der Waals surface area (Å²) in [5, 5.41) is 10.2. The van der Waals surface area contributed by atoms with Crippen molar-refractivity contribution in [3.63, 3.8) is 0 Å². The van der Waals surface area contributed by atoms with Crippen LogP contribution < -0.4 is 4.90 Å². The number of carboxylic acids is 1. The number of aromatic carboxylic acids is 1. The first-order chi connectivity index (χ1) is 14.5. The Labute approximate surface area is 187 Å². The molecule has 0 aliphatic carbocycles. The van der Waals surface area contributed by atoms with Crippen LogP contribution in [0.4, 0.5) is 11.4 Å². The average molecular weight is 434 g/mol. The lowest BCUT2D eigenvalue weighted by Crippen LogP contribution is -2.37. The molecule has 0 aromatic heterocycles. The Kier molecular flexibility index (Phi) is 4.94. The van der Waals surface area contributed by atoms with Gasteiger partial charge >= 0.3 is 5.97 Å². The summed E-state index contributed by atoms with van der Waals surface area (Å²) in [5.74, 6) is -1.29. The fourth-order valence-electron chi connectivity index (χ4n) is 4.22. The molecular weight excluding hydrogens is 410 g/mol. The number of carbonyl (C=O) groups is 2. The molecule has 3 aromatic carbocycles. The van der Waals surface area contributed by atoms with Gasteiger partial charge in [0.15, 0.2) is 0 Å². The fraction of sp³-hybridized carbons (Fsp3) is 0.231. The van der Waals surface area contributed by atoms with Crippen LogP contribution in [0.3, 0.4) is 0 Å². The first-order valence-corrected chi connectivity index (χ1v) is 10.5. The third kappa shape index (κ3) is 3.31. The second kappa shape index (κ2) is 7.24. The lowest BCUT2D eigenvalue weighted by atomic mass is 9.76. The van der Waals surface area contributed by atoms with Gasteiger partial charge in [0.1, 0.15) is 0 Å². The van der Waals surface area contributed by atoms with Crippen LogP contribution in [0.1, 0.15) is 54.7 Å². The van der Waals surface area contributed by atoms with Gasteiger partial charge in [0.2, 0.25) is 5.91 Å². The molecule has 0 spiro atoms. The predicted molar refractivity (Wildman–Crippen MR) is 124 cm³/mol. The van der Waals surface area contributed by atoms with Gasteiger partial charge in [-0.2, -0.15) is 0 Å². The smallest absolute Gasteiger partial charge is 0.337 e. The van der Waals surface area contributed by atoms with Crippen LogP contribution in [-0.2, 0) is 15.6 Å². The van der Waals surface area contributed by atoms with Crippen LogP contribution in [0.25, 0.3) is 0 Å². The summed E-state index contributed by atoms with van der Waals surface area (Å²) in [4.78, 5) is 27.3. The van der Waals surface area contributed by atoms with E-state index in [4.69, 9.17) is 11.6 Å². The predicted octanol–water partition coefficient (Wildman–Crippen LogP) is 6.32. The number of rotatable bonds is 3. The second-order valence-corrected chi connectivity index (χ2v) is 9.51. The fourth-order valence-corrected chi connectivity index (χ4v) is 4.40. The van der Waals surface area contributed by atoms with Crippen LogP contribution in [-0.4, -0.2) is 17.0 Å². The van der Waals surface area contributed by atoms with Gasteiger partial charge in [-0.25, -0.2) is 4.79 Å². The van der Waals surface area contributed by atoms with Gasteiger partial charge in [-0.3, -0.25) is 9.69 Å². The van der Waals surface area contributed by atoms with Gasteiger partial charge < -0.3 is 5.11 Å². The first-order valence-electron chi connectivity index (χ1n) is 10.1. The highest BCUT2D eigenvalue weighted by molar-refractivity contribution is 6.31. The molecule has 0 saturated heterocycles. The number of carboxylic acid groups (broad SMARTS) is 1. The number of anilines is 2. The maximum Gasteiger partial charge on any atom is 0.337 e. The largest absolute Gasteiger partial charge is 0.478 e. The summed E-state index contributed by atoms with van der Waals surface area (Å²) in [5.41, 5.74) is 2.82. The van der Waals surface area contributed by atoms with Crippen LogP contribution in [0.2, 0.25) is 5.02 Å². The molecule has 1 N–H and O–H groups in total. The summed E-state index contributed by atoms with van der Waals surface area (Å²) < 4.78 is 0. The van der Waals surface area contributed by atoms with Crippen LogP contribution in [0, 0.1) is 0 Å². The van der Waals surface area contributed by atoms with E-state index in [0.717, 1.165) is 11.1 Å². The lowest BCUT2D eigenvalue weighted by Gasteiger charge is -2.27. The Morgan fingerprint density at radius 1 is 0.968 bits per heavy atom. The zero-order chi connectivity index (χ0) is 22.6. The topological polar surface area (TPSA) is 57.6 Å². The number of nitrogens with zero attached hydrogens (tertiary/aromatic N) is 1. The van der Waals surface area contributed by atoms with E-state index in [9.17, 15) is 14.7 Å². The van der Waals surface area contributed by atoms with Gasteiger partial charge in [-0.1, -0.05) is 68.8 Å².